The Morgan fingerprint density at radius 2 is 1.81 bits per heavy atom. The first-order valence-electron chi connectivity index (χ1n) is 4.11. The van der Waals surface area contributed by atoms with Gasteiger partial charge < -0.3 is 10.1 Å². The van der Waals surface area contributed by atoms with E-state index in [9.17, 15) is 22.4 Å². The highest BCUT2D eigenvalue weighted by atomic mass is 19.3. The lowest BCUT2D eigenvalue weighted by Gasteiger charge is -2.16. The summed E-state index contributed by atoms with van der Waals surface area (Å²) in [5.74, 6) is -0.415. The molecule has 0 aliphatic rings. The molecule has 0 aliphatic carbocycles. The Morgan fingerprint density at radius 3 is 2.25 bits per heavy atom. The average Bonchev–Trinajstić information content (AvgIpc) is 2.21. The minimum atomic E-state index is -4.53. The van der Waals surface area contributed by atoms with Crippen LogP contribution < -0.4 is 10.1 Å². The molecule has 0 aromatic heterocycles. The first-order valence-corrected chi connectivity index (χ1v) is 4.11. The van der Waals surface area contributed by atoms with Crippen LogP contribution in [0.4, 0.5) is 23.2 Å². The van der Waals surface area contributed by atoms with E-state index in [0.717, 1.165) is 12.1 Å². The number of hydrogen-bond acceptors (Lipinski definition) is 2. The summed E-state index contributed by atoms with van der Waals surface area (Å²) >= 11 is 0. The number of alkyl halides is 4. The fraction of sp³-hybridized carbons (Fsp3) is 0.222. The number of rotatable bonds is 5. The molecule has 0 spiro atoms. The van der Waals surface area contributed by atoms with E-state index >= 15 is 0 Å². The van der Waals surface area contributed by atoms with Gasteiger partial charge in [0.15, 0.2) is 0 Å². The van der Waals surface area contributed by atoms with Gasteiger partial charge in [-0.1, -0.05) is 0 Å². The number of amides is 1. The highest BCUT2D eigenvalue weighted by Crippen LogP contribution is 2.27. The quantitative estimate of drug-likeness (QED) is 0.631. The fourth-order valence-corrected chi connectivity index (χ4v) is 0.889. The number of nitrogens with one attached hydrogen (secondary N) is 1. The van der Waals surface area contributed by atoms with Gasteiger partial charge in [-0.2, -0.15) is 17.6 Å². The first-order chi connectivity index (χ1) is 7.45. The molecule has 0 saturated heterocycles. The zero-order chi connectivity index (χ0) is 12.2. The van der Waals surface area contributed by atoms with Crippen molar-refractivity contribution in [2.75, 3.05) is 5.32 Å². The van der Waals surface area contributed by atoms with Crippen LogP contribution >= 0.6 is 0 Å². The Hall–Kier alpha value is -1.79. The van der Waals surface area contributed by atoms with E-state index in [1.165, 1.54) is 12.1 Å². The van der Waals surface area contributed by atoms with Gasteiger partial charge in [0.2, 0.25) is 6.41 Å². The molecule has 0 heterocycles. The van der Waals surface area contributed by atoms with Gasteiger partial charge in [-0.3, -0.25) is 4.79 Å². The van der Waals surface area contributed by atoms with Crippen LogP contribution in [0.3, 0.4) is 0 Å². The molecule has 1 amide bonds. The molecular formula is C9H7F4NO2. The molecule has 0 atom stereocenters. The van der Waals surface area contributed by atoms with Crippen LogP contribution in [-0.4, -0.2) is 18.9 Å². The van der Waals surface area contributed by atoms with Crippen LogP contribution in [0.2, 0.25) is 0 Å². The molecule has 0 saturated carbocycles. The molecule has 1 rings (SSSR count). The third kappa shape index (κ3) is 3.11. The lowest BCUT2D eigenvalue weighted by Crippen LogP contribution is -2.33. The standard InChI is InChI=1S/C9H7F4NO2/c10-8(11)9(12,13)16-7-3-1-6(2-4-7)14-5-15/h1-5,8H,(H,14,15). The molecule has 16 heavy (non-hydrogen) atoms. The highest BCUT2D eigenvalue weighted by Gasteiger charge is 2.43. The van der Waals surface area contributed by atoms with Crippen LogP contribution in [0.1, 0.15) is 0 Å². The number of carbonyl (C=O) groups excluding carboxylic acids is 1. The van der Waals surface area contributed by atoms with Crippen molar-refractivity contribution in [1.82, 2.24) is 0 Å². The van der Waals surface area contributed by atoms with E-state index in [2.05, 4.69) is 10.1 Å². The molecule has 1 aromatic rings. The Morgan fingerprint density at radius 1 is 1.25 bits per heavy atom. The molecule has 3 nitrogen and oxygen atoms in total. The lowest BCUT2D eigenvalue weighted by atomic mass is 10.3. The van der Waals surface area contributed by atoms with Crippen molar-refractivity contribution >= 4 is 12.1 Å². The van der Waals surface area contributed by atoms with E-state index in [1.807, 2.05) is 0 Å². The SMILES string of the molecule is O=CNc1ccc(OC(F)(F)C(F)F)cc1. The first kappa shape index (κ1) is 12.3. The number of benzene rings is 1. The van der Waals surface area contributed by atoms with Crippen molar-refractivity contribution in [1.29, 1.82) is 0 Å². The predicted octanol–water partition coefficient (Wildman–Crippen LogP) is 2.49. The van der Waals surface area contributed by atoms with E-state index in [0.29, 0.717) is 12.1 Å². The number of halogens is 4. The number of anilines is 1. The van der Waals surface area contributed by atoms with Gasteiger partial charge in [-0.25, -0.2) is 0 Å². The largest absolute Gasteiger partial charge is 0.461 e. The summed E-state index contributed by atoms with van der Waals surface area (Å²) in [5.41, 5.74) is 0.336. The van der Waals surface area contributed by atoms with Crippen LogP contribution in [0, 0.1) is 0 Å². The van der Waals surface area contributed by atoms with Crippen molar-refractivity contribution in [3.05, 3.63) is 24.3 Å². The maximum atomic E-state index is 12.4. The maximum Gasteiger partial charge on any atom is 0.461 e. The van der Waals surface area contributed by atoms with E-state index in [-0.39, 0.29) is 0 Å². The smallest absolute Gasteiger partial charge is 0.428 e. The Bertz CT molecular complexity index is 353. The monoisotopic (exact) mass is 237 g/mol. The summed E-state index contributed by atoms with van der Waals surface area (Å²) in [6.45, 7) is 0. The third-order valence-corrected chi connectivity index (χ3v) is 1.59. The summed E-state index contributed by atoms with van der Waals surface area (Å²) in [5, 5.41) is 2.25. The van der Waals surface area contributed by atoms with E-state index in [1.54, 1.807) is 0 Å². The summed E-state index contributed by atoms with van der Waals surface area (Å²) < 4.78 is 52.2. The van der Waals surface area contributed by atoms with Gasteiger partial charge in [0.25, 0.3) is 0 Å². The van der Waals surface area contributed by atoms with Crippen molar-refractivity contribution in [3.63, 3.8) is 0 Å². The molecule has 0 bridgehead atoms. The molecule has 7 heteroatoms. The third-order valence-electron chi connectivity index (χ3n) is 1.59. The minimum Gasteiger partial charge on any atom is -0.428 e. The lowest BCUT2D eigenvalue weighted by molar-refractivity contribution is -0.253. The molecular weight excluding hydrogens is 230 g/mol. The Labute approximate surface area is 88.0 Å². The van der Waals surface area contributed by atoms with E-state index < -0.39 is 18.3 Å². The average molecular weight is 237 g/mol. The van der Waals surface area contributed by atoms with Gasteiger partial charge >= 0.3 is 12.5 Å². The number of carbonyl (C=O) groups is 1. The van der Waals surface area contributed by atoms with Gasteiger partial charge in [0.05, 0.1) is 0 Å². The van der Waals surface area contributed by atoms with Crippen LogP contribution in [-0.2, 0) is 4.79 Å². The minimum absolute atomic E-state index is 0.336. The topological polar surface area (TPSA) is 38.3 Å². The Kier molecular flexibility index (Phi) is 3.70. The van der Waals surface area contributed by atoms with Gasteiger partial charge in [-0.05, 0) is 24.3 Å². The maximum absolute atomic E-state index is 12.4. The molecule has 0 aliphatic heterocycles. The number of ether oxygens (including phenoxy) is 1. The second kappa shape index (κ2) is 4.82. The van der Waals surface area contributed by atoms with Crippen molar-refractivity contribution in [3.8, 4) is 5.75 Å². The van der Waals surface area contributed by atoms with Crippen LogP contribution in [0.15, 0.2) is 24.3 Å². The van der Waals surface area contributed by atoms with Gasteiger partial charge in [0.1, 0.15) is 5.75 Å². The predicted molar refractivity (Wildman–Crippen MR) is 47.7 cm³/mol. The summed E-state index contributed by atoms with van der Waals surface area (Å²) in [7, 11) is 0. The Balaban J connectivity index is 2.72. The second-order valence-corrected chi connectivity index (χ2v) is 2.75. The van der Waals surface area contributed by atoms with Crippen molar-refractivity contribution in [2.24, 2.45) is 0 Å². The fourth-order valence-electron chi connectivity index (χ4n) is 0.889. The van der Waals surface area contributed by atoms with Gasteiger partial charge in [-0.15, -0.1) is 0 Å². The molecule has 0 radical (unpaired) electrons. The van der Waals surface area contributed by atoms with Gasteiger partial charge in [0, 0.05) is 5.69 Å². The normalized spacial score (nSPS) is 11.3. The number of hydrogen-bond donors (Lipinski definition) is 1. The summed E-state index contributed by atoms with van der Waals surface area (Å²) in [4.78, 5) is 10.0. The summed E-state index contributed by atoms with van der Waals surface area (Å²) in [6.07, 6.45) is -8.04. The van der Waals surface area contributed by atoms with Crippen LogP contribution in [0.25, 0.3) is 0 Å². The van der Waals surface area contributed by atoms with E-state index in [4.69, 9.17) is 0 Å². The molecule has 1 aromatic carbocycles. The molecule has 1 N–H and O–H groups in total. The zero-order valence-electron chi connectivity index (χ0n) is 7.79. The zero-order valence-corrected chi connectivity index (χ0v) is 7.79. The molecule has 0 fully saturated rings. The van der Waals surface area contributed by atoms with Crippen molar-refractivity contribution < 1.29 is 27.1 Å². The van der Waals surface area contributed by atoms with Crippen LogP contribution in [0.5, 0.6) is 5.75 Å². The molecule has 88 valence electrons. The summed E-state index contributed by atoms with van der Waals surface area (Å²) in [6, 6.07) is 4.57. The molecule has 0 unspecified atom stereocenters. The highest BCUT2D eigenvalue weighted by molar-refractivity contribution is 5.71. The second-order valence-electron chi connectivity index (χ2n) is 2.75. The van der Waals surface area contributed by atoms with Crippen molar-refractivity contribution in [2.45, 2.75) is 12.5 Å².